The minimum atomic E-state index is 0.751. The molecule has 3 heteroatoms. The Balaban J connectivity index is 1.38. The van der Waals surface area contributed by atoms with Gasteiger partial charge in [-0.1, -0.05) is 35.0 Å². The summed E-state index contributed by atoms with van der Waals surface area (Å²) >= 11 is 3.51. The molecule has 0 bridgehead atoms. The summed E-state index contributed by atoms with van der Waals surface area (Å²) < 4.78 is 1.18. The van der Waals surface area contributed by atoms with Crippen molar-refractivity contribution in [1.82, 2.24) is 10.2 Å². The minimum Gasteiger partial charge on any atom is -0.311 e. The highest BCUT2D eigenvalue weighted by Crippen LogP contribution is 2.37. The van der Waals surface area contributed by atoms with E-state index in [4.69, 9.17) is 0 Å². The van der Waals surface area contributed by atoms with Crippen molar-refractivity contribution >= 4 is 15.9 Å². The molecule has 1 aromatic rings. The number of likely N-dealkylation sites (tertiary alicyclic amines) is 1. The summed E-state index contributed by atoms with van der Waals surface area (Å²) in [6.45, 7) is 6.13. The van der Waals surface area contributed by atoms with E-state index in [0.717, 1.165) is 18.0 Å². The van der Waals surface area contributed by atoms with Crippen LogP contribution < -0.4 is 5.32 Å². The van der Waals surface area contributed by atoms with Crippen LogP contribution >= 0.6 is 15.9 Å². The topological polar surface area (TPSA) is 15.3 Å². The van der Waals surface area contributed by atoms with Crippen molar-refractivity contribution < 1.29 is 0 Å². The normalized spacial score (nSPS) is 27.5. The van der Waals surface area contributed by atoms with Crippen molar-refractivity contribution in [2.24, 2.45) is 0 Å². The zero-order valence-electron chi connectivity index (χ0n) is 13.0. The van der Waals surface area contributed by atoms with Crippen LogP contribution in [0.3, 0.4) is 0 Å². The maximum atomic E-state index is 3.89. The highest BCUT2D eigenvalue weighted by molar-refractivity contribution is 9.10. The lowest BCUT2D eigenvalue weighted by atomic mass is 9.75. The van der Waals surface area contributed by atoms with E-state index < -0.39 is 0 Å². The number of halogens is 1. The van der Waals surface area contributed by atoms with Crippen molar-refractivity contribution in [3.05, 3.63) is 34.3 Å². The second-order valence-electron chi connectivity index (χ2n) is 6.70. The van der Waals surface area contributed by atoms with Crippen LogP contribution in [-0.4, -0.2) is 36.6 Å². The molecule has 1 saturated carbocycles. The van der Waals surface area contributed by atoms with Crippen LogP contribution in [0.5, 0.6) is 0 Å². The fourth-order valence-electron chi connectivity index (χ4n) is 3.73. The second-order valence-corrected chi connectivity index (χ2v) is 7.62. The third-order valence-electron chi connectivity index (χ3n) is 5.08. The number of rotatable bonds is 5. The maximum absolute atomic E-state index is 3.89. The van der Waals surface area contributed by atoms with Crippen molar-refractivity contribution in [1.29, 1.82) is 0 Å². The summed E-state index contributed by atoms with van der Waals surface area (Å²) in [5, 5.41) is 3.89. The number of hydrogen-bond acceptors (Lipinski definition) is 2. The standard InChI is InChI=1S/C18H27BrN2/c1-2-9-21-10-7-17(8-11-21)20-18-12-15(13-18)14-3-5-16(19)6-4-14/h3-6,15,17-18,20H,2,7-13H2,1H3. The zero-order valence-corrected chi connectivity index (χ0v) is 14.6. The third-order valence-corrected chi connectivity index (χ3v) is 5.61. The summed E-state index contributed by atoms with van der Waals surface area (Å²) in [6, 6.07) is 10.4. The SMILES string of the molecule is CCCN1CCC(NC2CC(c3ccc(Br)cc3)C2)CC1. The molecule has 116 valence electrons. The van der Waals surface area contributed by atoms with Crippen LogP contribution in [-0.2, 0) is 0 Å². The fourth-order valence-corrected chi connectivity index (χ4v) is 4.00. The highest BCUT2D eigenvalue weighted by Gasteiger charge is 2.32. The summed E-state index contributed by atoms with van der Waals surface area (Å²) in [5.74, 6) is 0.774. The molecule has 1 saturated heterocycles. The number of nitrogens with one attached hydrogen (secondary N) is 1. The molecule has 2 fully saturated rings. The molecule has 0 atom stereocenters. The Morgan fingerprint density at radius 2 is 1.76 bits per heavy atom. The summed E-state index contributed by atoms with van der Waals surface area (Å²) in [6.07, 6.45) is 6.59. The molecule has 0 radical (unpaired) electrons. The monoisotopic (exact) mass is 350 g/mol. The van der Waals surface area contributed by atoms with Gasteiger partial charge in [-0.25, -0.2) is 0 Å². The van der Waals surface area contributed by atoms with E-state index in [1.54, 1.807) is 0 Å². The molecule has 0 spiro atoms. The van der Waals surface area contributed by atoms with Crippen molar-refractivity contribution in [3.63, 3.8) is 0 Å². The van der Waals surface area contributed by atoms with Crippen molar-refractivity contribution in [3.8, 4) is 0 Å². The van der Waals surface area contributed by atoms with E-state index in [-0.39, 0.29) is 0 Å². The average Bonchev–Trinajstić information content (AvgIpc) is 2.46. The number of benzene rings is 1. The lowest BCUT2D eigenvalue weighted by molar-refractivity contribution is 0.171. The van der Waals surface area contributed by atoms with Gasteiger partial charge in [0.15, 0.2) is 0 Å². The molecular formula is C18H27BrN2. The lowest BCUT2D eigenvalue weighted by Crippen LogP contribution is -2.50. The average molecular weight is 351 g/mol. The highest BCUT2D eigenvalue weighted by atomic mass is 79.9. The van der Waals surface area contributed by atoms with Gasteiger partial charge in [0.05, 0.1) is 0 Å². The first-order valence-corrected chi connectivity index (χ1v) is 9.27. The molecule has 1 aliphatic heterocycles. The van der Waals surface area contributed by atoms with Gasteiger partial charge in [0.2, 0.25) is 0 Å². The predicted octanol–water partition coefficient (Wildman–Crippen LogP) is 4.16. The Kier molecular flexibility index (Phi) is 5.36. The lowest BCUT2D eigenvalue weighted by Gasteiger charge is -2.41. The van der Waals surface area contributed by atoms with Crippen LogP contribution in [0.4, 0.5) is 0 Å². The van der Waals surface area contributed by atoms with Crippen LogP contribution in [0, 0.1) is 0 Å². The van der Waals surface area contributed by atoms with Crippen molar-refractivity contribution in [2.75, 3.05) is 19.6 Å². The molecule has 1 aliphatic carbocycles. The van der Waals surface area contributed by atoms with Gasteiger partial charge in [-0.2, -0.15) is 0 Å². The molecule has 21 heavy (non-hydrogen) atoms. The van der Waals surface area contributed by atoms with Crippen LogP contribution in [0.2, 0.25) is 0 Å². The Labute approximate surface area is 137 Å². The molecule has 3 rings (SSSR count). The van der Waals surface area contributed by atoms with Crippen LogP contribution in [0.25, 0.3) is 0 Å². The molecule has 2 aliphatic rings. The van der Waals surface area contributed by atoms with E-state index in [1.165, 1.54) is 61.8 Å². The van der Waals surface area contributed by atoms with Gasteiger partial charge >= 0.3 is 0 Å². The first-order valence-electron chi connectivity index (χ1n) is 8.48. The molecular weight excluding hydrogens is 324 g/mol. The van der Waals surface area contributed by atoms with Crippen molar-refractivity contribution in [2.45, 2.75) is 57.0 Å². The van der Waals surface area contributed by atoms with E-state index in [9.17, 15) is 0 Å². The molecule has 0 unspecified atom stereocenters. The first kappa shape index (κ1) is 15.5. The molecule has 0 aromatic heterocycles. The van der Waals surface area contributed by atoms with Crippen LogP contribution in [0.1, 0.15) is 50.5 Å². The molecule has 1 N–H and O–H groups in total. The van der Waals surface area contributed by atoms with Gasteiger partial charge < -0.3 is 10.2 Å². The summed E-state index contributed by atoms with van der Waals surface area (Å²) in [5.41, 5.74) is 1.51. The van der Waals surface area contributed by atoms with E-state index in [2.05, 4.69) is 57.3 Å². The van der Waals surface area contributed by atoms with Gasteiger partial charge in [0.1, 0.15) is 0 Å². The molecule has 1 heterocycles. The third kappa shape index (κ3) is 4.08. The molecule has 2 nitrogen and oxygen atoms in total. The van der Waals surface area contributed by atoms with Gasteiger partial charge in [0, 0.05) is 16.6 Å². The number of hydrogen-bond donors (Lipinski definition) is 1. The summed E-state index contributed by atoms with van der Waals surface area (Å²) in [4.78, 5) is 2.61. The minimum absolute atomic E-state index is 0.751. The smallest absolute Gasteiger partial charge is 0.0175 e. The predicted molar refractivity (Wildman–Crippen MR) is 92.8 cm³/mol. The maximum Gasteiger partial charge on any atom is 0.0175 e. The zero-order chi connectivity index (χ0) is 14.7. The van der Waals surface area contributed by atoms with Crippen LogP contribution in [0.15, 0.2) is 28.7 Å². The number of nitrogens with zero attached hydrogens (tertiary/aromatic N) is 1. The van der Waals surface area contributed by atoms with Gasteiger partial charge in [-0.15, -0.1) is 0 Å². The Hall–Kier alpha value is -0.380. The fraction of sp³-hybridized carbons (Fsp3) is 0.667. The van der Waals surface area contributed by atoms with Gasteiger partial charge in [-0.05, 0) is 75.4 Å². The summed E-state index contributed by atoms with van der Waals surface area (Å²) in [7, 11) is 0. The first-order chi connectivity index (χ1) is 10.2. The van der Waals surface area contributed by atoms with E-state index in [0.29, 0.717) is 0 Å². The largest absolute Gasteiger partial charge is 0.311 e. The van der Waals surface area contributed by atoms with E-state index >= 15 is 0 Å². The Morgan fingerprint density at radius 3 is 2.38 bits per heavy atom. The molecule has 1 aromatic carbocycles. The molecule has 0 amide bonds. The number of piperidine rings is 1. The Bertz CT molecular complexity index is 431. The quantitative estimate of drug-likeness (QED) is 0.857. The van der Waals surface area contributed by atoms with Gasteiger partial charge in [0.25, 0.3) is 0 Å². The second kappa shape index (κ2) is 7.26. The van der Waals surface area contributed by atoms with Gasteiger partial charge in [-0.3, -0.25) is 0 Å². The van der Waals surface area contributed by atoms with E-state index in [1.807, 2.05) is 0 Å². The Morgan fingerprint density at radius 1 is 1.10 bits per heavy atom.